The number of piperazine rings is 1. The largest absolute Gasteiger partial charge is 0.391 e. The van der Waals surface area contributed by atoms with Crippen molar-refractivity contribution in [2.75, 3.05) is 61.8 Å². The average molecular weight is 561 g/mol. The maximum absolute atomic E-state index is 12.4. The Kier molecular flexibility index (Phi) is 8.04. The van der Waals surface area contributed by atoms with Crippen LogP contribution >= 0.6 is 0 Å². The zero-order chi connectivity index (χ0) is 28.3. The van der Waals surface area contributed by atoms with Gasteiger partial charge < -0.3 is 31.3 Å². The molecule has 0 bridgehead atoms. The minimum Gasteiger partial charge on any atom is -0.391 e. The summed E-state index contributed by atoms with van der Waals surface area (Å²) < 4.78 is 0. The molecule has 2 saturated heterocycles. The number of aliphatic hydroxyl groups excluding tert-OH is 1. The van der Waals surface area contributed by atoms with E-state index in [9.17, 15) is 9.90 Å². The Balaban J connectivity index is 1.17. The van der Waals surface area contributed by atoms with E-state index in [-0.39, 0.29) is 17.6 Å². The third kappa shape index (κ3) is 6.14. The predicted octanol–water partition coefficient (Wildman–Crippen LogP) is 2.25. The lowest BCUT2D eigenvalue weighted by Gasteiger charge is -2.42. The number of likely N-dealkylation sites (N-methyl/N-ethyl adjacent to an activating group) is 1. The van der Waals surface area contributed by atoms with Crippen molar-refractivity contribution in [3.05, 3.63) is 42.2 Å². The zero-order valence-corrected chi connectivity index (χ0v) is 23.6. The Bertz CT molecular complexity index is 1320. The number of carbonyl (C=O) groups is 1. The van der Waals surface area contributed by atoms with E-state index in [0.29, 0.717) is 23.2 Å². The van der Waals surface area contributed by atoms with Gasteiger partial charge in [0.05, 0.1) is 17.8 Å². The maximum atomic E-state index is 12.4. The number of hydrogen-bond acceptors (Lipinski definition) is 10. The minimum absolute atomic E-state index is 0.0298. The number of aromatic amines is 1. The molecule has 3 aliphatic rings. The normalized spacial score (nSPS) is 22.6. The lowest BCUT2D eigenvalue weighted by Crippen LogP contribution is -2.52. The summed E-state index contributed by atoms with van der Waals surface area (Å²) in [4.78, 5) is 29.3. The van der Waals surface area contributed by atoms with Crippen molar-refractivity contribution in [3.63, 3.8) is 0 Å². The molecule has 218 valence electrons. The van der Waals surface area contributed by atoms with Gasteiger partial charge in [-0.15, -0.1) is 0 Å². The predicted molar refractivity (Wildman–Crippen MR) is 159 cm³/mol. The summed E-state index contributed by atoms with van der Waals surface area (Å²) in [6.07, 6.45) is 5.96. The summed E-state index contributed by atoms with van der Waals surface area (Å²) >= 11 is 0. The van der Waals surface area contributed by atoms with E-state index in [1.165, 1.54) is 31.6 Å². The molecule has 2 aliphatic heterocycles. The smallest absolute Gasteiger partial charge is 0.271 e. The molecule has 0 spiro atoms. The molecule has 2 unspecified atom stereocenters. The number of hydrogen-bond donors (Lipinski definition) is 5. The molecule has 2 atom stereocenters. The number of nitrogens with two attached hydrogens (primary N) is 1. The van der Waals surface area contributed by atoms with Gasteiger partial charge in [-0.3, -0.25) is 14.8 Å². The fraction of sp³-hybridized carbons (Fsp3) is 0.517. The van der Waals surface area contributed by atoms with Crippen molar-refractivity contribution in [1.82, 2.24) is 30.0 Å². The summed E-state index contributed by atoms with van der Waals surface area (Å²) in [5, 5.41) is 23.9. The van der Waals surface area contributed by atoms with Crippen LogP contribution in [-0.4, -0.2) is 105 Å². The summed E-state index contributed by atoms with van der Waals surface area (Å²) in [6, 6.07) is 10.5. The van der Waals surface area contributed by atoms with E-state index in [0.717, 1.165) is 51.1 Å². The quantitative estimate of drug-likeness (QED) is 0.277. The highest BCUT2D eigenvalue weighted by atomic mass is 16.3. The molecular formula is C29H40N10O2. The molecule has 3 fully saturated rings. The van der Waals surface area contributed by atoms with Crippen molar-refractivity contribution in [2.45, 2.75) is 50.3 Å². The molecule has 12 nitrogen and oxygen atoms in total. The summed E-state index contributed by atoms with van der Waals surface area (Å²) in [5.41, 5.74) is 8.75. The Morgan fingerprint density at radius 3 is 2.37 bits per heavy atom. The highest BCUT2D eigenvalue weighted by Gasteiger charge is 2.29. The molecule has 1 saturated carbocycles. The number of aliphatic hydroxyl groups is 1. The molecular weight excluding hydrogens is 520 g/mol. The first-order chi connectivity index (χ1) is 19.9. The minimum atomic E-state index is -0.687. The monoisotopic (exact) mass is 560 g/mol. The fourth-order valence-electron chi connectivity index (χ4n) is 6.22. The number of anilines is 4. The molecule has 2 aromatic heterocycles. The van der Waals surface area contributed by atoms with Crippen molar-refractivity contribution in [3.8, 4) is 11.4 Å². The number of piperidine rings is 1. The zero-order valence-electron chi connectivity index (χ0n) is 23.6. The average Bonchev–Trinajstić information content (AvgIpc) is 3.66. The molecule has 1 aromatic carbocycles. The topological polar surface area (TPSA) is 152 Å². The van der Waals surface area contributed by atoms with E-state index in [4.69, 9.17) is 10.7 Å². The van der Waals surface area contributed by atoms with Crippen LogP contribution < -0.4 is 21.3 Å². The number of aromatic nitrogens is 4. The van der Waals surface area contributed by atoms with E-state index in [2.05, 4.69) is 59.7 Å². The first-order valence-electron chi connectivity index (χ1n) is 14.7. The van der Waals surface area contributed by atoms with Gasteiger partial charge in [-0.25, -0.2) is 9.97 Å². The molecule has 4 heterocycles. The number of nitrogens with zero attached hydrogens (tertiary/aromatic N) is 6. The van der Waals surface area contributed by atoms with Crippen LogP contribution in [0.1, 0.15) is 42.6 Å². The second kappa shape index (κ2) is 12.0. The van der Waals surface area contributed by atoms with Crippen LogP contribution in [0.15, 0.2) is 36.5 Å². The first-order valence-corrected chi connectivity index (χ1v) is 14.7. The molecule has 6 N–H and O–H groups in total. The Morgan fingerprint density at radius 1 is 0.976 bits per heavy atom. The molecule has 3 aromatic rings. The van der Waals surface area contributed by atoms with Crippen LogP contribution in [0.2, 0.25) is 0 Å². The number of amides is 1. The molecule has 6 rings (SSSR count). The second-order valence-corrected chi connectivity index (χ2v) is 11.4. The Hall–Kier alpha value is -3.74. The summed E-state index contributed by atoms with van der Waals surface area (Å²) in [7, 11) is 2.20. The molecule has 12 heteroatoms. The number of benzene rings is 1. The van der Waals surface area contributed by atoms with Gasteiger partial charge in [0.15, 0.2) is 17.3 Å². The maximum Gasteiger partial charge on any atom is 0.271 e. The SMILES string of the molecule is CN1CCN(C2CCN(c3ccc(Nc4nc(NC5CCCC5O)c(-c5ccn[nH]5)nc4C(N)=O)cc3)CC2)CC1. The lowest BCUT2D eigenvalue weighted by atomic mass is 10.0. The van der Waals surface area contributed by atoms with E-state index in [1.54, 1.807) is 12.3 Å². The van der Waals surface area contributed by atoms with E-state index in [1.807, 2.05) is 12.1 Å². The van der Waals surface area contributed by atoms with Crippen LogP contribution in [0.3, 0.4) is 0 Å². The van der Waals surface area contributed by atoms with Gasteiger partial charge in [-0.05, 0) is 69.5 Å². The molecule has 41 heavy (non-hydrogen) atoms. The molecule has 0 radical (unpaired) electrons. The van der Waals surface area contributed by atoms with Crippen molar-refractivity contribution >= 4 is 28.9 Å². The molecule has 1 amide bonds. The summed E-state index contributed by atoms with van der Waals surface area (Å²) in [5.74, 6) is 0.0251. The third-order valence-corrected chi connectivity index (χ3v) is 8.70. The molecule has 1 aliphatic carbocycles. The van der Waals surface area contributed by atoms with Gasteiger partial charge in [0.25, 0.3) is 5.91 Å². The van der Waals surface area contributed by atoms with Crippen molar-refractivity contribution < 1.29 is 9.90 Å². The van der Waals surface area contributed by atoms with E-state index < -0.39 is 12.0 Å². The van der Waals surface area contributed by atoms with Gasteiger partial charge >= 0.3 is 0 Å². The van der Waals surface area contributed by atoms with Crippen LogP contribution in [0.25, 0.3) is 11.4 Å². The number of nitrogens with one attached hydrogen (secondary N) is 3. The number of rotatable bonds is 8. The van der Waals surface area contributed by atoms with Crippen LogP contribution in [0.4, 0.5) is 23.0 Å². The fourth-order valence-corrected chi connectivity index (χ4v) is 6.22. The number of carbonyl (C=O) groups excluding carboxylic acids is 1. The number of H-pyrrole nitrogens is 1. The highest BCUT2D eigenvalue weighted by molar-refractivity contribution is 5.97. The van der Waals surface area contributed by atoms with Crippen LogP contribution in [-0.2, 0) is 0 Å². The lowest BCUT2D eigenvalue weighted by molar-refractivity contribution is 0.0982. The van der Waals surface area contributed by atoms with Gasteiger partial charge in [-0.2, -0.15) is 5.10 Å². The third-order valence-electron chi connectivity index (χ3n) is 8.70. The van der Waals surface area contributed by atoms with Crippen molar-refractivity contribution in [1.29, 1.82) is 0 Å². The first kappa shape index (κ1) is 27.4. The van der Waals surface area contributed by atoms with Gasteiger partial charge in [0, 0.05) is 62.9 Å². The van der Waals surface area contributed by atoms with Crippen LogP contribution in [0.5, 0.6) is 0 Å². The second-order valence-electron chi connectivity index (χ2n) is 11.4. The highest BCUT2D eigenvalue weighted by Crippen LogP contribution is 2.32. The van der Waals surface area contributed by atoms with Crippen molar-refractivity contribution in [2.24, 2.45) is 5.73 Å². The Morgan fingerprint density at radius 2 is 1.73 bits per heavy atom. The van der Waals surface area contributed by atoms with Gasteiger partial charge in [0.2, 0.25) is 0 Å². The van der Waals surface area contributed by atoms with Gasteiger partial charge in [0.1, 0.15) is 5.69 Å². The Labute approximate surface area is 240 Å². The standard InChI is InChI=1S/C29H40N10O2/c1-37-15-17-39(18-16-37)21-10-13-38(14-11-21)20-7-5-19(6-8-20)32-29-26(27(30)41)34-25(23-9-12-31-36-23)28(35-29)33-22-3-2-4-24(22)40/h5-9,12,21-22,24,40H,2-4,10-11,13-18H2,1H3,(H2,30,41)(H,31,36)(H2,32,33,35). The number of primary amides is 1. The summed E-state index contributed by atoms with van der Waals surface area (Å²) in [6.45, 7) is 6.72. The van der Waals surface area contributed by atoms with Gasteiger partial charge in [-0.1, -0.05) is 0 Å². The van der Waals surface area contributed by atoms with E-state index >= 15 is 0 Å². The van der Waals surface area contributed by atoms with Crippen LogP contribution in [0, 0.1) is 0 Å².